The number of nitriles is 1. The molecule has 0 spiro atoms. The number of aliphatic hydroxyl groups is 1. The highest BCUT2D eigenvalue weighted by Crippen LogP contribution is 2.47. The maximum absolute atomic E-state index is 11.7. The van der Waals surface area contributed by atoms with Crippen LogP contribution in [-0.4, -0.2) is 50.3 Å². The first-order valence-corrected chi connectivity index (χ1v) is 12.4. The molecule has 5 rings (SSSR count). The standard InChI is InChI=1S/C26H27ClN6O3/c1-14-8-17(15(2)29-18-5-6-21(27)31-23(18)25(35)36)22-19(9-14)30-20(11-28)24(32-22)33-12-26(13-34)7-3-4-16(33)10-26/h5-6,8-9,15-16,29,34H,3-4,7,10,12-13H2,1-2H3,(H,35,36)/t15-,16?,26?/m1/s1. The fraction of sp³-hybridized carbons (Fsp3) is 0.423. The number of halogens is 1. The molecule has 2 aromatic heterocycles. The van der Waals surface area contributed by atoms with Crippen molar-refractivity contribution >= 4 is 40.1 Å². The second-order valence-corrected chi connectivity index (χ2v) is 10.4. The zero-order valence-electron chi connectivity index (χ0n) is 20.1. The van der Waals surface area contributed by atoms with Gasteiger partial charge in [-0.1, -0.05) is 24.1 Å². The molecule has 1 aliphatic carbocycles. The minimum absolute atomic E-state index is 0.0997. The quantitative estimate of drug-likeness (QED) is 0.413. The van der Waals surface area contributed by atoms with Gasteiger partial charge >= 0.3 is 5.97 Å². The Kier molecular flexibility index (Phi) is 6.18. The minimum atomic E-state index is -1.18. The molecule has 2 unspecified atom stereocenters. The number of aromatic carboxylic acids is 1. The van der Waals surface area contributed by atoms with Gasteiger partial charge < -0.3 is 20.4 Å². The van der Waals surface area contributed by atoms with E-state index in [2.05, 4.69) is 26.3 Å². The van der Waals surface area contributed by atoms with E-state index in [0.29, 0.717) is 29.1 Å². The average Bonchev–Trinajstić information content (AvgIpc) is 3.13. The molecular formula is C26H27ClN6O3. The molecule has 3 aromatic rings. The van der Waals surface area contributed by atoms with Gasteiger partial charge in [0.1, 0.15) is 11.2 Å². The third kappa shape index (κ3) is 4.21. The van der Waals surface area contributed by atoms with Crippen molar-refractivity contribution in [2.75, 3.05) is 23.4 Å². The molecule has 3 atom stereocenters. The Bertz CT molecular complexity index is 1410. The van der Waals surface area contributed by atoms with Gasteiger partial charge in [0.25, 0.3) is 0 Å². The van der Waals surface area contributed by atoms with Crippen LogP contribution in [0.1, 0.15) is 66.0 Å². The smallest absolute Gasteiger partial charge is 0.356 e. The molecule has 3 heterocycles. The molecule has 1 saturated heterocycles. The molecule has 0 radical (unpaired) electrons. The normalized spacial score (nSPS) is 21.9. The summed E-state index contributed by atoms with van der Waals surface area (Å²) in [6, 6.07) is 9.12. The van der Waals surface area contributed by atoms with Crippen LogP contribution in [0.2, 0.25) is 5.15 Å². The second kappa shape index (κ2) is 9.19. The van der Waals surface area contributed by atoms with Crippen molar-refractivity contribution in [3.63, 3.8) is 0 Å². The zero-order valence-corrected chi connectivity index (χ0v) is 20.9. The third-order valence-electron chi connectivity index (χ3n) is 7.40. The average molecular weight is 507 g/mol. The third-order valence-corrected chi connectivity index (χ3v) is 7.61. The molecule has 3 N–H and O–H groups in total. The van der Waals surface area contributed by atoms with Crippen LogP contribution in [0.3, 0.4) is 0 Å². The van der Waals surface area contributed by atoms with Gasteiger partial charge in [-0.2, -0.15) is 5.26 Å². The minimum Gasteiger partial charge on any atom is -0.476 e. The summed E-state index contributed by atoms with van der Waals surface area (Å²) < 4.78 is 0. The van der Waals surface area contributed by atoms with E-state index in [0.717, 1.165) is 36.8 Å². The van der Waals surface area contributed by atoms with Crippen LogP contribution < -0.4 is 10.2 Å². The second-order valence-electron chi connectivity index (χ2n) is 9.97. The topological polar surface area (TPSA) is 135 Å². The number of nitrogens with zero attached hydrogens (tertiary/aromatic N) is 5. The van der Waals surface area contributed by atoms with Gasteiger partial charge in [-0.25, -0.2) is 19.7 Å². The van der Waals surface area contributed by atoms with Crippen LogP contribution in [0.15, 0.2) is 24.3 Å². The number of carboxylic acid groups (broad SMARTS) is 1. The summed E-state index contributed by atoms with van der Waals surface area (Å²) in [5.41, 5.74) is 3.31. The molecule has 10 heteroatoms. The van der Waals surface area contributed by atoms with E-state index in [1.54, 1.807) is 6.07 Å². The summed E-state index contributed by atoms with van der Waals surface area (Å²) >= 11 is 5.91. The maximum atomic E-state index is 11.7. The number of aryl methyl sites for hydroxylation is 1. The van der Waals surface area contributed by atoms with E-state index in [4.69, 9.17) is 16.6 Å². The summed E-state index contributed by atoms with van der Waals surface area (Å²) in [7, 11) is 0. The van der Waals surface area contributed by atoms with E-state index >= 15 is 0 Å². The highest BCUT2D eigenvalue weighted by Gasteiger charge is 2.47. The van der Waals surface area contributed by atoms with Crippen LogP contribution in [0.4, 0.5) is 11.5 Å². The Morgan fingerprint density at radius 1 is 1.36 bits per heavy atom. The predicted octanol–water partition coefficient (Wildman–Crippen LogP) is 4.47. The SMILES string of the molecule is Cc1cc([C@@H](C)Nc2ccc(Cl)nc2C(=O)O)c2nc(N3CC4(CO)CCCC3C4)c(C#N)nc2c1. The number of carboxylic acids is 1. The Morgan fingerprint density at radius 2 is 2.17 bits per heavy atom. The van der Waals surface area contributed by atoms with Crippen LogP contribution in [0.5, 0.6) is 0 Å². The van der Waals surface area contributed by atoms with Crippen molar-refractivity contribution in [1.82, 2.24) is 15.0 Å². The van der Waals surface area contributed by atoms with Crippen LogP contribution in [0, 0.1) is 23.7 Å². The van der Waals surface area contributed by atoms with Crippen molar-refractivity contribution in [2.45, 2.75) is 51.6 Å². The van der Waals surface area contributed by atoms with Gasteiger partial charge in [-0.05, 0) is 56.9 Å². The summed E-state index contributed by atoms with van der Waals surface area (Å²) in [6.45, 7) is 4.63. The number of hydrogen-bond acceptors (Lipinski definition) is 8. The van der Waals surface area contributed by atoms with Crippen molar-refractivity contribution in [2.24, 2.45) is 5.41 Å². The van der Waals surface area contributed by atoms with Gasteiger partial charge in [-0.15, -0.1) is 0 Å². The van der Waals surface area contributed by atoms with E-state index < -0.39 is 5.97 Å². The number of aliphatic hydroxyl groups excluding tert-OH is 1. The highest BCUT2D eigenvalue weighted by molar-refractivity contribution is 6.29. The van der Waals surface area contributed by atoms with E-state index in [9.17, 15) is 20.3 Å². The van der Waals surface area contributed by atoms with E-state index in [1.165, 1.54) is 6.07 Å². The number of aromatic nitrogens is 3. The number of hydrogen-bond donors (Lipinski definition) is 3. The number of anilines is 2. The lowest BCUT2D eigenvalue weighted by Crippen LogP contribution is -2.31. The van der Waals surface area contributed by atoms with Crippen molar-refractivity contribution in [3.8, 4) is 6.07 Å². The lowest BCUT2D eigenvalue weighted by atomic mass is 9.76. The molecule has 36 heavy (non-hydrogen) atoms. The molecule has 186 valence electrons. The van der Waals surface area contributed by atoms with Crippen molar-refractivity contribution < 1.29 is 15.0 Å². The summed E-state index contributed by atoms with van der Waals surface area (Å²) in [5.74, 6) is -0.635. The summed E-state index contributed by atoms with van der Waals surface area (Å²) in [4.78, 5) is 27.5. The van der Waals surface area contributed by atoms with Crippen LogP contribution in [-0.2, 0) is 0 Å². The van der Waals surface area contributed by atoms with Crippen molar-refractivity contribution in [3.05, 3.63) is 51.9 Å². The Hall–Kier alpha value is -3.48. The Labute approximate surface area is 213 Å². The Balaban J connectivity index is 1.59. The fourth-order valence-corrected chi connectivity index (χ4v) is 5.86. The largest absolute Gasteiger partial charge is 0.476 e. The molecule has 2 aliphatic rings. The number of nitrogens with one attached hydrogen (secondary N) is 1. The highest BCUT2D eigenvalue weighted by atomic mass is 35.5. The van der Waals surface area contributed by atoms with Crippen LogP contribution in [0.25, 0.3) is 11.0 Å². The monoisotopic (exact) mass is 506 g/mol. The first kappa shape index (κ1) is 24.2. The zero-order chi connectivity index (χ0) is 25.6. The number of rotatable bonds is 6. The number of benzene rings is 1. The van der Waals surface area contributed by atoms with Gasteiger partial charge in [0, 0.05) is 23.6 Å². The fourth-order valence-electron chi connectivity index (χ4n) is 5.71. The maximum Gasteiger partial charge on any atom is 0.356 e. The summed E-state index contributed by atoms with van der Waals surface area (Å²) in [5, 5.41) is 33.0. The first-order valence-electron chi connectivity index (χ1n) is 12.0. The Morgan fingerprint density at radius 3 is 2.86 bits per heavy atom. The van der Waals surface area contributed by atoms with E-state index in [1.807, 2.05) is 26.0 Å². The van der Waals surface area contributed by atoms with Gasteiger partial charge in [0.05, 0.1) is 29.4 Å². The first-order chi connectivity index (χ1) is 17.2. The van der Waals surface area contributed by atoms with Crippen LogP contribution >= 0.6 is 11.6 Å². The summed E-state index contributed by atoms with van der Waals surface area (Å²) in [6.07, 6.45) is 3.88. The number of fused-ring (bicyclic) bond motifs is 3. The number of pyridine rings is 1. The van der Waals surface area contributed by atoms with Gasteiger partial charge in [-0.3, -0.25) is 0 Å². The molecule has 0 amide bonds. The van der Waals surface area contributed by atoms with Crippen molar-refractivity contribution in [1.29, 1.82) is 5.26 Å². The molecule has 2 fully saturated rings. The number of carbonyl (C=O) groups is 1. The van der Waals surface area contributed by atoms with E-state index in [-0.39, 0.29) is 40.6 Å². The molecule has 9 nitrogen and oxygen atoms in total. The lowest BCUT2D eigenvalue weighted by Gasteiger charge is -2.28. The molecular weight excluding hydrogens is 480 g/mol. The molecule has 1 saturated carbocycles. The molecule has 2 bridgehead atoms. The molecule has 1 aromatic carbocycles. The lowest BCUT2D eigenvalue weighted by molar-refractivity contribution is 0.0691. The predicted molar refractivity (Wildman–Crippen MR) is 136 cm³/mol. The van der Waals surface area contributed by atoms with Gasteiger partial charge in [0.15, 0.2) is 17.2 Å². The van der Waals surface area contributed by atoms with Gasteiger partial charge in [0.2, 0.25) is 0 Å². The molecule has 1 aliphatic heterocycles.